The fourth-order valence-electron chi connectivity index (χ4n) is 0.384. The molecule has 0 amide bonds. The summed E-state index contributed by atoms with van der Waals surface area (Å²) < 4.78 is 0. The predicted octanol–water partition coefficient (Wildman–Crippen LogP) is 1.27. The van der Waals surface area contributed by atoms with Crippen molar-refractivity contribution in [3.63, 3.8) is 0 Å². The zero-order valence-corrected chi connectivity index (χ0v) is 5.94. The number of rotatable bonds is 2. The van der Waals surface area contributed by atoms with Crippen LogP contribution < -0.4 is 0 Å². The molecular formula is C7H12N2. The lowest BCUT2D eigenvalue weighted by molar-refractivity contribution is 0.619. The third-order valence-corrected chi connectivity index (χ3v) is 0.998. The number of hydrogen-bond acceptors (Lipinski definition) is 1. The number of nitrogens with one attached hydrogen (secondary N) is 1. The van der Waals surface area contributed by atoms with E-state index in [1.54, 1.807) is 25.1 Å². The summed E-state index contributed by atoms with van der Waals surface area (Å²) in [6, 6.07) is 0. The molecule has 0 aromatic heterocycles. The first-order valence-corrected chi connectivity index (χ1v) is 2.67. The first kappa shape index (κ1) is 7.95. The van der Waals surface area contributed by atoms with Gasteiger partial charge in [0.1, 0.15) is 5.84 Å². The van der Waals surface area contributed by atoms with Crippen molar-refractivity contribution in [2.24, 2.45) is 0 Å². The minimum Gasteiger partial charge on any atom is -0.363 e. The number of likely N-dealkylation sites (N-methyl/N-ethyl adjacent to an activating group) is 1. The summed E-state index contributed by atoms with van der Waals surface area (Å²) in [6.07, 6.45) is 1.57. The molecule has 0 saturated carbocycles. The molecule has 0 heterocycles. The molecule has 0 bridgehead atoms. The molecule has 50 valence electrons. The average Bonchev–Trinajstić information content (AvgIpc) is 1.84. The zero-order chi connectivity index (χ0) is 7.44. The number of hydrogen-bond donors (Lipinski definition) is 1. The van der Waals surface area contributed by atoms with Crippen molar-refractivity contribution < 1.29 is 0 Å². The Labute approximate surface area is 56.0 Å². The molecule has 9 heavy (non-hydrogen) atoms. The molecule has 2 heteroatoms. The van der Waals surface area contributed by atoms with Gasteiger partial charge in [-0.3, -0.25) is 5.41 Å². The lowest BCUT2D eigenvalue weighted by Gasteiger charge is -2.12. The quantitative estimate of drug-likeness (QED) is 0.335. The van der Waals surface area contributed by atoms with E-state index in [2.05, 4.69) is 13.2 Å². The van der Waals surface area contributed by atoms with Crippen molar-refractivity contribution in [3.05, 3.63) is 24.8 Å². The van der Waals surface area contributed by atoms with Crippen LogP contribution in [0.5, 0.6) is 0 Å². The lowest BCUT2D eigenvalue weighted by Crippen LogP contribution is -2.21. The summed E-state index contributed by atoms with van der Waals surface area (Å²) in [5.74, 6) is 0.407. The van der Waals surface area contributed by atoms with Gasteiger partial charge in [0, 0.05) is 19.7 Å². The summed E-state index contributed by atoms with van der Waals surface area (Å²) in [5, 5.41) is 7.30. The second kappa shape index (κ2) is 3.07. The Hall–Kier alpha value is -1.05. The van der Waals surface area contributed by atoms with Gasteiger partial charge in [-0.05, 0) is 0 Å². The minimum absolute atomic E-state index is 0.407. The Bertz CT molecular complexity index is 145. The van der Waals surface area contributed by atoms with Gasteiger partial charge in [0.15, 0.2) is 0 Å². The van der Waals surface area contributed by atoms with E-state index < -0.39 is 0 Å². The maximum Gasteiger partial charge on any atom is 0.126 e. The van der Waals surface area contributed by atoms with Crippen molar-refractivity contribution in [2.45, 2.75) is 0 Å². The van der Waals surface area contributed by atoms with Crippen LogP contribution in [-0.4, -0.2) is 24.8 Å². The van der Waals surface area contributed by atoms with E-state index in [0.717, 1.165) is 0 Å². The van der Waals surface area contributed by atoms with Crippen LogP contribution in [0.15, 0.2) is 24.8 Å². The smallest absolute Gasteiger partial charge is 0.126 e. The largest absolute Gasteiger partial charge is 0.363 e. The first-order valence-electron chi connectivity index (χ1n) is 2.67. The van der Waals surface area contributed by atoms with Crippen molar-refractivity contribution >= 4 is 5.84 Å². The fourth-order valence-corrected chi connectivity index (χ4v) is 0.384. The van der Waals surface area contributed by atoms with E-state index in [0.29, 0.717) is 11.4 Å². The molecule has 1 N–H and O–H groups in total. The molecule has 0 radical (unpaired) electrons. The summed E-state index contributed by atoms with van der Waals surface area (Å²) in [7, 11) is 3.61. The van der Waals surface area contributed by atoms with Gasteiger partial charge in [-0.15, -0.1) is 0 Å². The average molecular weight is 124 g/mol. The van der Waals surface area contributed by atoms with E-state index in [1.807, 2.05) is 0 Å². The van der Waals surface area contributed by atoms with Crippen LogP contribution in [0, 0.1) is 5.41 Å². The summed E-state index contributed by atoms with van der Waals surface area (Å²) >= 11 is 0. The summed E-state index contributed by atoms with van der Waals surface area (Å²) in [5.41, 5.74) is 0.653. The van der Waals surface area contributed by atoms with Gasteiger partial charge in [-0.1, -0.05) is 19.2 Å². The molecule has 0 spiro atoms. The Morgan fingerprint density at radius 2 is 2.00 bits per heavy atom. The van der Waals surface area contributed by atoms with Gasteiger partial charge in [0.05, 0.1) is 0 Å². The maximum atomic E-state index is 7.30. The van der Waals surface area contributed by atoms with Gasteiger partial charge in [-0.25, -0.2) is 0 Å². The van der Waals surface area contributed by atoms with Crippen LogP contribution in [0.1, 0.15) is 0 Å². The van der Waals surface area contributed by atoms with Crippen molar-refractivity contribution in [1.82, 2.24) is 4.90 Å². The normalized spacial score (nSPS) is 8.22. The van der Waals surface area contributed by atoms with E-state index in [-0.39, 0.29) is 0 Å². The van der Waals surface area contributed by atoms with E-state index in [9.17, 15) is 0 Å². The van der Waals surface area contributed by atoms with Gasteiger partial charge in [0.2, 0.25) is 0 Å². The topological polar surface area (TPSA) is 27.1 Å². The van der Waals surface area contributed by atoms with Crippen LogP contribution in [0.3, 0.4) is 0 Å². The highest BCUT2D eigenvalue weighted by molar-refractivity contribution is 5.97. The lowest BCUT2D eigenvalue weighted by atomic mass is 10.3. The second-order valence-electron chi connectivity index (χ2n) is 1.97. The Kier molecular flexibility index (Phi) is 2.71. The highest BCUT2D eigenvalue weighted by Gasteiger charge is 1.97. The van der Waals surface area contributed by atoms with Gasteiger partial charge < -0.3 is 4.90 Å². The van der Waals surface area contributed by atoms with Crippen LogP contribution in [-0.2, 0) is 0 Å². The van der Waals surface area contributed by atoms with Gasteiger partial charge in [-0.2, -0.15) is 0 Å². The molecule has 0 aliphatic carbocycles. The van der Waals surface area contributed by atoms with Crippen LogP contribution in [0.4, 0.5) is 0 Å². The minimum atomic E-state index is 0.407. The first-order chi connectivity index (χ1) is 4.09. The zero-order valence-electron chi connectivity index (χ0n) is 5.94. The Balaban J connectivity index is 4.04. The van der Waals surface area contributed by atoms with E-state index in [4.69, 9.17) is 5.41 Å². The molecule has 0 aliphatic heterocycles. The van der Waals surface area contributed by atoms with Crippen LogP contribution >= 0.6 is 0 Å². The third-order valence-electron chi connectivity index (χ3n) is 0.998. The number of nitrogens with zero attached hydrogens (tertiary/aromatic N) is 1. The molecule has 0 aromatic carbocycles. The van der Waals surface area contributed by atoms with Crippen molar-refractivity contribution in [2.75, 3.05) is 14.1 Å². The Morgan fingerprint density at radius 3 is 2.11 bits per heavy atom. The summed E-state index contributed by atoms with van der Waals surface area (Å²) in [6.45, 7) is 7.11. The highest BCUT2D eigenvalue weighted by Crippen LogP contribution is 1.94. The van der Waals surface area contributed by atoms with Gasteiger partial charge >= 0.3 is 0 Å². The summed E-state index contributed by atoms with van der Waals surface area (Å²) in [4.78, 5) is 1.68. The highest BCUT2D eigenvalue weighted by atomic mass is 15.1. The molecule has 0 aliphatic rings. The molecule has 0 atom stereocenters. The molecule has 0 unspecified atom stereocenters. The van der Waals surface area contributed by atoms with E-state index in [1.165, 1.54) is 0 Å². The maximum absolute atomic E-state index is 7.30. The van der Waals surface area contributed by atoms with Crippen molar-refractivity contribution in [3.8, 4) is 0 Å². The second-order valence-corrected chi connectivity index (χ2v) is 1.97. The standard InChI is InChI=1S/C7H12N2/c1-5-6(2)7(8)9(3)4/h5,8H,1-2H2,3-4H3. The molecule has 0 rings (SSSR count). The van der Waals surface area contributed by atoms with Crippen LogP contribution in [0.2, 0.25) is 0 Å². The van der Waals surface area contributed by atoms with E-state index >= 15 is 0 Å². The molecular weight excluding hydrogens is 112 g/mol. The number of amidine groups is 1. The molecule has 2 nitrogen and oxygen atoms in total. The van der Waals surface area contributed by atoms with Crippen molar-refractivity contribution in [1.29, 1.82) is 5.41 Å². The molecule has 0 saturated heterocycles. The Morgan fingerprint density at radius 1 is 1.56 bits per heavy atom. The third kappa shape index (κ3) is 2.13. The van der Waals surface area contributed by atoms with Gasteiger partial charge in [0.25, 0.3) is 0 Å². The monoisotopic (exact) mass is 124 g/mol. The predicted molar refractivity (Wildman–Crippen MR) is 40.8 cm³/mol. The molecule has 0 aromatic rings. The SMILES string of the molecule is C=CC(=C)C(=N)N(C)C. The molecule has 0 fully saturated rings. The fraction of sp³-hybridized carbons (Fsp3) is 0.286. The van der Waals surface area contributed by atoms with Crippen LogP contribution in [0.25, 0.3) is 0 Å².